The molecule has 0 radical (unpaired) electrons. The van der Waals surface area contributed by atoms with Crippen molar-refractivity contribution in [2.24, 2.45) is 12.8 Å². The van der Waals surface area contributed by atoms with Crippen molar-refractivity contribution < 1.29 is 0 Å². The van der Waals surface area contributed by atoms with E-state index in [1.54, 1.807) is 0 Å². The number of hydrogen-bond donors (Lipinski definition) is 1. The SMILES string of the molecule is Cn1cncc1C(N)/C1=C/CCCCCC1. The van der Waals surface area contributed by atoms with Gasteiger partial charge >= 0.3 is 0 Å². The number of nitrogens with zero attached hydrogens (tertiary/aromatic N) is 2. The van der Waals surface area contributed by atoms with Crippen molar-refractivity contribution in [3.63, 3.8) is 0 Å². The van der Waals surface area contributed by atoms with E-state index in [-0.39, 0.29) is 6.04 Å². The van der Waals surface area contributed by atoms with Crippen LogP contribution in [0, 0.1) is 0 Å². The lowest BCUT2D eigenvalue weighted by Crippen LogP contribution is -2.17. The van der Waals surface area contributed by atoms with Gasteiger partial charge in [-0.05, 0) is 25.7 Å². The van der Waals surface area contributed by atoms with E-state index in [1.165, 1.54) is 37.7 Å². The zero-order chi connectivity index (χ0) is 11.4. The molecule has 1 aromatic rings. The molecule has 0 aromatic carbocycles. The summed E-state index contributed by atoms with van der Waals surface area (Å²) in [5.41, 5.74) is 8.82. The van der Waals surface area contributed by atoms with Crippen molar-refractivity contribution in [3.05, 3.63) is 29.9 Å². The number of aromatic nitrogens is 2. The van der Waals surface area contributed by atoms with Gasteiger partial charge in [0.25, 0.3) is 0 Å². The van der Waals surface area contributed by atoms with Gasteiger partial charge in [0.15, 0.2) is 0 Å². The Morgan fingerprint density at radius 2 is 2.12 bits per heavy atom. The summed E-state index contributed by atoms with van der Waals surface area (Å²) in [6, 6.07) is 0.0330. The van der Waals surface area contributed by atoms with Crippen LogP contribution in [0.2, 0.25) is 0 Å². The standard InChI is InChI=1S/C13H21N3/c1-16-10-15-9-12(16)13(14)11-7-5-3-2-4-6-8-11/h7,9-10,13H,2-6,8,14H2,1H3/b11-7+. The molecule has 1 aromatic heterocycles. The number of nitrogens with two attached hydrogens (primary N) is 1. The Morgan fingerprint density at radius 1 is 1.31 bits per heavy atom. The molecule has 0 spiro atoms. The second-order valence-corrected chi connectivity index (χ2v) is 4.64. The molecule has 1 heterocycles. The number of rotatable bonds is 2. The number of imidazole rings is 1. The van der Waals surface area contributed by atoms with E-state index in [0.29, 0.717) is 0 Å². The van der Waals surface area contributed by atoms with Crippen LogP contribution >= 0.6 is 0 Å². The van der Waals surface area contributed by atoms with Crippen molar-refractivity contribution in [1.29, 1.82) is 0 Å². The smallest absolute Gasteiger partial charge is 0.0946 e. The lowest BCUT2D eigenvalue weighted by atomic mass is 9.94. The van der Waals surface area contributed by atoms with Crippen molar-refractivity contribution in [2.75, 3.05) is 0 Å². The van der Waals surface area contributed by atoms with Crippen molar-refractivity contribution in [3.8, 4) is 0 Å². The van der Waals surface area contributed by atoms with E-state index in [4.69, 9.17) is 5.73 Å². The van der Waals surface area contributed by atoms with Gasteiger partial charge in [0.2, 0.25) is 0 Å². The minimum atomic E-state index is 0.0330. The van der Waals surface area contributed by atoms with Crippen molar-refractivity contribution in [1.82, 2.24) is 9.55 Å². The summed E-state index contributed by atoms with van der Waals surface area (Å²) in [6.45, 7) is 0. The van der Waals surface area contributed by atoms with Gasteiger partial charge in [0.05, 0.1) is 24.3 Å². The molecular weight excluding hydrogens is 198 g/mol. The van der Waals surface area contributed by atoms with Crippen LogP contribution in [0.5, 0.6) is 0 Å². The molecule has 1 aliphatic rings. The predicted octanol–water partition coefficient (Wildman–Crippen LogP) is 2.70. The maximum Gasteiger partial charge on any atom is 0.0946 e. The van der Waals surface area contributed by atoms with E-state index >= 15 is 0 Å². The molecule has 3 nitrogen and oxygen atoms in total. The molecule has 16 heavy (non-hydrogen) atoms. The van der Waals surface area contributed by atoms with Gasteiger partial charge in [0.1, 0.15) is 0 Å². The monoisotopic (exact) mass is 219 g/mol. The summed E-state index contributed by atoms with van der Waals surface area (Å²) in [5, 5.41) is 0. The number of aryl methyl sites for hydroxylation is 1. The molecule has 1 unspecified atom stereocenters. The minimum absolute atomic E-state index is 0.0330. The Bertz CT molecular complexity index is 365. The van der Waals surface area contributed by atoms with E-state index in [2.05, 4.69) is 11.1 Å². The fraction of sp³-hybridized carbons (Fsp3) is 0.615. The van der Waals surface area contributed by atoms with E-state index in [9.17, 15) is 0 Å². The van der Waals surface area contributed by atoms with Crippen LogP contribution in [0.1, 0.15) is 50.3 Å². The van der Waals surface area contributed by atoms with Crippen molar-refractivity contribution in [2.45, 2.75) is 44.6 Å². The van der Waals surface area contributed by atoms with Crippen LogP contribution in [0.15, 0.2) is 24.2 Å². The molecule has 0 saturated heterocycles. The van der Waals surface area contributed by atoms with Gasteiger partial charge in [-0.3, -0.25) is 0 Å². The highest BCUT2D eigenvalue weighted by molar-refractivity contribution is 5.21. The highest BCUT2D eigenvalue weighted by Crippen LogP contribution is 2.26. The Morgan fingerprint density at radius 3 is 2.88 bits per heavy atom. The number of allylic oxidation sites excluding steroid dienone is 1. The lowest BCUT2D eigenvalue weighted by molar-refractivity contribution is 0.594. The van der Waals surface area contributed by atoms with Gasteiger partial charge in [-0.1, -0.05) is 24.5 Å². The molecule has 88 valence electrons. The molecule has 0 bridgehead atoms. The number of hydrogen-bond acceptors (Lipinski definition) is 2. The second-order valence-electron chi connectivity index (χ2n) is 4.64. The molecule has 0 aliphatic heterocycles. The second kappa shape index (κ2) is 5.30. The fourth-order valence-corrected chi connectivity index (χ4v) is 2.36. The Kier molecular flexibility index (Phi) is 3.78. The molecule has 1 aliphatic carbocycles. The van der Waals surface area contributed by atoms with Crippen LogP contribution in [-0.4, -0.2) is 9.55 Å². The molecule has 0 amide bonds. The van der Waals surface area contributed by atoms with Gasteiger partial charge in [-0.25, -0.2) is 4.98 Å². The van der Waals surface area contributed by atoms with E-state index < -0.39 is 0 Å². The largest absolute Gasteiger partial charge is 0.336 e. The Balaban J connectivity index is 2.13. The zero-order valence-corrected chi connectivity index (χ0v) is 10.0. The van der Waals surface area contributed by atoms with Gasteiger partial charge in [-0.2, -0.15) is 0 Å². The van der Waals surface area contributed by atoms with Crippen molar-refractivity contribution >= 4 is 0 Å². The topological polar surface area (TPSA) is 43.8 Å². The van der Waals surface area contributed by atoms with Crippen LogP contribution in [0.3, 0.4) is 0 Å². The quantitative estimate of drug-likeness (QED) is 0.777. The molecule has 0 saturated carbocycles. The summed E-state index contributed by atoms with van der Waals surface area (Å²) in [6.07, 6.45) is 13.7. The first-order valence-corrected chi connectivity index (χ1v) is 6.20. The van der Waals surface area contributed by atoms with Crippen LogP contribution in [0.25, 0.3) is 0 Å². The highest BCUT2D eigenvalue weighted by atomic mass is 15.0. The summed E-state index contributed by atoms with van der Waals surface area (Å²) in [5.74, 6) is 0. The molecule has 0 fully saturated rings. The Hall–Kier alpha value is -1.09. The third kappa shape index (κ3) is 2.53. The fourth-order valence-electron chi connectivity index (χ4n) is 2.36. The van der Waals surface area contributed by atoms with Crippen LogP contribution in [-0.2, 0) is 7.05 Å². The zero-order valence-electron chi connectivity index (χ0n) is 10.0. The molecule has 2 rings (SSSR count). The van der Waals surface area contributed by atoms with Gasteiger partial charge in [0, 0.05) is 7.05 Å². The van der Waals surface area contributed by atoms with E-state index in [0.717, 1.165) is 12.1 Å². The minimum Gasteiger partial charge on any atom is -0.336 e. The highest BCUT2D eigenvalue weighted by Gasteiger charge is 2.15. The average Bonchev–Trinajstić information content (AvgIpc) is 2.63. The van der Waals surface area contributed by atoms with Crippen LogP contribution < -0.4 is 5.73 Å². The van der Waals surface area contributed by atoms with E-state index in [1.807, 2.05) is 24.1 Å². The third-order valence-electron chi connectivity index (χ3n) is 3.40. The maximum atomic E-state index is 6.31. The molecule has 1 atom stereocenters. The first-order chi connectivity index (χ1) is 7.79. The average molecular weight is 219 g/mol. The summed E-state index contributed by atoms with van der Waals surface area (Å²) in [4.78, 5) is 4.14. The maximum absolute atomic E-state index is 6.31. The van der Waals surface area contributed by atoms with Crippen LogP contribution in [0.4, 0.5) is 0 Å². The summed E-state index contributed by atoms with van der Waals surface area (Å²) in [7, 11) is 2.01. The van der Waals surface area contributed by atoms with Gasteiger partial charge in [-0.15, -0.1) is 0 Å². The third-order valence-corrected chi connectivity index (χ3v) is 3.40. The first kappa shape index (κ1) is 11.4. The molecule has 2 N–H and O–H groups in total. The van der Waals surface area contributed by atoms with Gasteiger partial charge < -0.3 is 10.3 Å². The molecular formula is C13H21N3. The Labute approximate surface area is 97.4 Å². The predicted molar refractivity (Wildman–Crippen MR) is 65.9 cm³/mol. The molecule has 3 heteroatoms. The lowest BCUT2D eigenvalue weighted by Gasteiger charge is -2.18. The first-order valence-electron chi connectivity index (χ1n) is 6.20. The summed E-state index contributed by atoms with van der Waals surface area (Å²) < 4.78 is 2.02. The normalized spacial score (nSPS) is 23.0. The summed E-state index contributed by atoms with van der Waals surface area (Å²) >= 11 is 0.